The van der Waals surface area contributed by atoms with Gasteiger partial charge in [-0.05, 0) is 68.3 Å². The van der Waals surface area contributed by atoms with Crippen molar-refractivity contribution >= 4 is 11.6 Å². The largest absolute Gasteiger partial charge is 0.373 e. The first-order valence-electron chi connectivity index (χ1n) is 10.3. The van der Waals surface area contributed by atoms with Crippen LogP contribution in [0.3, 0.4) is 0 Å². The summed E-state index contributed by atoms with van der Waals surface area (Å²) < 4.78 is 6.74. The number of hydrogen-bond donors (Lipinski definition) is 0. The van der Waals surface area contributed by atoms with Gasteiger partial charge >= 0.3 is 0 Å². The molecule has 0 amide bonds. The average molecular weight is 354 g/mol. The van der Waals surface area contributed by atoms with Crippen LogP contribution in [0.1, 0.15) is 58.3 Å². The maximum absolute atomic E-state index is 12.8. The van der Waals surface area contributed by atoms with Crippen LogP contribution in [0.4, 0.5) is 0 Å². The molecule has 5 nitrogen and oxygen atoms in total. The van der Waals surface area contributed by atoms with Crippen molar-refractivity contribution in [1.82, 2.24) is 0 Å². The Kier molecular flexibility index (Phi) is 2.85. The van der Waals surface area contributed by atoms with E-state index in [4.69, 9.17) is 4.74 Å². The molecule has 6 aliphatic rings. The fourth-order valence-corrected chi connectivity index (χ4v) is 7.98. The van der Waals surface area contributed by atoms with E-state index in [-0.39, 0.29) is 34.3 Å². The van der Waals surface area contributed by atoms with Gasteiger partial charge in [-0.15, -0.1) is 0 Å². The van der Waals surface area contributed by atoms with E-state index in [0.29, 0.717) is 24.0 Å². The van der Waals surface area contributed by atoms with E-state index in [1.165, 1.54) is 5.57 Å². The van der Waals surface area contributed by atoms with Gasteiger partial charge in [0.1, 0.15) is 0 Å². The molecule has 3 saturated carbocycles. The van der Waals surface area contributed by atoms with Gasteiger partial charge in [-0.25, -0.2) is 0 Å². The Labute approximate surface area is 153 Å². The van der Waals surface area contributed by atoms with Crippen LogP contribution in [0.15, 0.2) is 21.9 Å². The fourth-order valence-electron chi connectivity index (χ4n) is 7.98. The molecule has 0 aromatic rings. The molecule has 26 heavy (non-hydrogen) atoms. The van der Waals surface area contributed by atoms with E-state index in [0.717, 1.165) is 51.6 Å². The number of rotatable bonds is 2. The normalized spacial score (nSPS) is 51.5. The van der Waals surface area contributed by atoms with Gasteiger partial charge < -0.3 is 4.74 Å². The summed E-state index contributed by atoms with van der Waals surface area (Å²) >= 11 is 0. The topological polar surface area (TPSA) is 68.1 Å². The quantitative estimate of drug-likeness (QED) is 0.760. The zero-order valence-corrected chi connectivity index (χ0v) is 15.4. The summed E-state index contributed by atoms with van der Waals surface area (Å²) in [6, 6.07) is 0. The molecular formula is C21H26N2O3. The lowest BCUT2D eigenvalue weighted by molar-refractivity contribution is -0.153. The minimum absolute atomic E-state index is 0.0262. The summed E-state index contributed by atoms with van der Waals surface area (Å²) in [6.07, 6.45) is 9.53. The van der Waals surface area contributed by atoms with Crippen molar-refractivity contribution in [3.05, 3.63) is 11.6 Å². The maximum atomic E-state index is 12.8. The summed E-state index contributed by atoms with van der Waals surface area (Å²) in [5.74, 6) is 1.63. The highest BCUT2D eigenvalue weighted by Gasteiger charge is 2.72. The van der Waals surface area contributed by atoms with Crippen molar-refractivity contribution in [2.24, 2.45) is 38.8 Å². The van der Waals surface area contributed by atoms with Crippen molar-refractivity contribution in [1.29, 1.82) is 0 Å². The lowest BCUT2D eigenvalue weighted by atomic mass is 9.46. The molecule has 6 atom stereocenters. The zero-order chi connectivity index (χ0) is 17.7. The summed E-state index contributed by atoms with van der Waals surface area (Å²) in [6.45, 7) is 3.12. The second kappa shape index (κ2) is 4.73. The first-order chi connectivity index (χ1) is 12.5. The Morgan fingerprint density at radius 1 is 1.12 bits per heavy atom. The molecule has 6 rings (SSSR count). The van der Waals surface area contributed by atoms with Crippen molar-refractivity contribution in [2.45, 2.75) is 70.1 Å². The summed E-state index contributed by atoms with van der Waals surface area (Å²) in [7, 11) is 0. The third kappa shape index (κ3) is 1.67. The number of carbonyl (C=O) groups excluding carboxylic acids is 2. The Hall–Kier alpha value is -1.36. The Morgan fingerprint density at radius 2 is 1.96 bits per heavy atom. The molecule has 2 heterocycles. The number of ether oxygens (including phenoxy) is 1. The number of nitrogens with zero attached hydrogens (tertiary/aromatic N) is 2. The first kappa shape index (κ1) is 15.7. The highest BCUT2D eigenvalue weighted by Crippen LogP contribution is 2.72. The molecule has 0 N–H and O–H groups in total. The molecule has 1 spiro atoms. The first-order valence-corrected chi connectivity index (χ1v) is 10.3. The molecule has 0 aromatic heterocycles. The number of hydrogen-bond acceptors (Lipinski definition) is 5. The monoisotopic (exact) mass is 354 g/mol. The smallest absolute Gasteiger partial charge is 0.238 e. The highest BCUT2D eigenvalue weighted by molar-refractivity contribution is 5.92. The molecule has 4 fully saturated rings. The van der Waals surface area contributed by atoms with Crippen LogP contribution in [0.25, 0.3) is 0 Å². The predicted molar refractivity (Wildman–Crippen MR) is 93.4 cm³/mol. The molecule has 2 bridgehead atoms. The molecule has 4 aliphatic carbocycles. The fraction of sp³-hybridized carbons (Fsp3) is 0.810. The molecule has 0 aromatic carbocycles. The van der Waals surface area contributed by atoms with Gasteiger partial charge in [-0.2, -0.15) is 10.2 Å². The predicted octanol–water partition coefficient (Wildman–Crippen LogP) is 3.63. The van der Waals surface area contributed by atoms with E-state index < -0.39 is 0 Å². The van der Waals surface area contributed by atoms with Gasteiger partial charge in [0.25, 0.3) is 0 Å². The van der Waals surface area contributed by atoms with Gasteiger partial charge in [0.15, 0.2) is 11.6 Å². The molecule has 1 saturated heterocycles. The molecule has 2 aliphatic heterocycles. The molecule has 138 valence electrons. The van der Waals surface area contributed by atoms with Gasteiger partial charge in [-0.3, -0.25) is 9.59 Å². The van der Waals surface area contributed by atoms with Crippen molar-refractivity contribution < 1.29 is 14.3 Å². The molecule has 0 radical (unpaired) electrons. The van der Waals surface area contributed by atoms with E-state index in [2.05, 4.69) is 17.2 Å². The van der Waals surface area contributed by atoms with E-state index in [1.54, 1.807) is 0 Å². The molecule has 5 heteroatoms. The lowest BCUT2D eigenvalue weighted by Gasteiger charge is -2.58. The van der Waals surface area contributed by atoms with Crippen LogP contribution in [-0.2, 0) is 14.3 Å². The maximum Gasteiger partial charge on any atom is 0.238 e. The highest BCUT2D eigenvalue weighted by atomic mass is 16.5. The van der Waals surface area contributed by atoms with Crippen LogP contribution in [0.2, 0.25) is 0 Å². The van der Waals surface area contributed by atoms with Gasteiger partial charge in [-0.1, -0.05) is 12.5 Å². The van der Waals surface area contributed by atoms with Crippen molar-refractivity contribution in [3.8, 4) is 0 Å². The van der Waals surface area contributed by atoms with Crippen LogP contribution in [-0.4, -0.2) is 29.9 Å². The van der Waals surface area contributed by atoms with Crippen LogP contribution in [0.5, 0.6) is 0 Å². The Balaban J connectivity index is 1.39. The summed E-state index contributed by atoms with van der Waals surface area (Å²) in [5, 5.41) is 7.82. The van der Waals surface area contributed by atoms with Crippen molar-refractivity contribution in [3.63, 3.8) is 0 Å². The van der Waals surface area contributed by atoms with E-state index >= 15 is 0 Å². The number of Topliss-reactive ketones (excluding diaryl/α,β-unsaturated/α-hetero) is 1. The third-order valence-corrected chi connectivity index (χ3v) is 9.16. The van der Waals surface area contributed by atoms with E-state index in [9.17, 15) is 9.59 Å². The van der Waals surface area contributed by atoms with Gasteiger partial charge in [0.2, 0.25) is 6.17 Å². The number of carbonyl (C=O) groups is 2. The minimum Gasteiger partial charge on any atom is -0.373 e. The Morgan fingerprint density at radius 3 is 2.77 bits per heavy atom. The lowest BCUT2D eigenvalue weighted by Crippen LogP contribution is -2.58. The van der Waals surface area contributed by atoms with E-state index in [1.807, 2.05) is 6.08 Å². The SMILES string of the molecule is C[C@@]12CC[C@H]3[C@]45CCC(=O)C=C4CC[C@]3(OC5)[C@H]1CC[C@H]2C(=O)C1N=N1. The zero-order valence-electron chi connectivity index (χ0n) is 15.4. The second-order valence-corrected chi connectivity index (χ2v) is 9.82. The summed E-state index contributed by atoms with van der Waals surface area (Å²) in [5.41, 5.74) is 1.43. The summed E-state index contributed by atoms with van der Waals surface area (Å²) in [4.78, 5) is 24.8. The second-order valence-electron chi connectivity index (χ2n) is 9.82. The van der Waals surface area contributed by atoms with Gasteiger partial charge in [0, 0.05) is 17.8 Å². The molecule has 0 unspecified atom stereocenters. The minimum atomic E-state index is -0.369. The third-order valence-electron chi connectivity index (χ3n) is 9.16. The number of fused-ring (bicyclic) bond motifs is 1. The Bertz CT molecular complexity index is 782. The van der Waals surface area contributed by atoms with Crippen LogP contribution >= 0.6 is 0 Å². The van der Waals surface area contributed by atoms with Gasteiger partial charge in [0.05, 0.1) is 12.2 Å². The number of ketones is 2. The molecular weight excluding hydrogens is 328 g/mol. The van der Waals surface area contributed by atoms with Crippen molar-refractivity contribution in [2.75, 3.05) is 6.61 Å². The average Bonchev–Trinajstić information content (AvgIpc) is 3.37. The standard InChI is InChI=1S/C21H26N2O3/c1-19-7-6-16-20-8-5-13(24)10-12(20)4-9-21(16,26-11-20)15(19)3-2-14(19)17(25)18-22-23-18/h10,14-16,18H,2-9,11H2,1H3/t14-,15-,16-,19-,20-,21-/m0/s1. The van der Waals surface area contributed by atoms with Crippen LogP contribution < -0.4 is 0 Å². The van der Waals surface area contributed by atoms with Crippen LogP contribution in [0, 0.1) is 28.6 Å².